The van der Waals surface area contributed by atoms with Crippen LogP contribution in [0.5, 0.6) is 5.75 Å². The van der Waals surface area contributed by atoms with Gasteiger partial charge in [-0.2, -0.15) is 0 Å². The number of hydrogen-bond donors (Lipinski definition) is 1. The van der Waals surface area contributed by atoms with E-state index in [1.807, 2.05) is 0 Å². The van der Waals surface area contributed by atoms with Crippen molar-refractivity contribution in [2.75, 3.05) is 0 Å². The van der Waals surface area contributed by atoms with Crippen LogP contribution in [0.15, 0.2) is 12.1 Å². The maximum Gasteiger partial charge on any atom is 0.162 e. The summed E-state index contributed by atoms with van der Waals surface area (Å²) >= 11 is 4.11. The number of aromatic hydroxyl groups is 1. The first-order valence-corrected chi connectivity index (χ1v) is 7.93. The van der Waals surface area contributed by atoms with Crippen LogP contribution in [0, 0.1) is 7.14 Å². The molecule has 0 aliphatic rings. The molecule has 1 N–H and O–H groups in total. The van der Waals surface area contributed by atoms with Crippen molar-refractivity contribution < 1.29 is 9.90 Å². The highest BCUT2D eigenvalue weighted by Crippen LogP contribution is 2.28. The van der Waals surface area contributed by atoms with Gasteiger partial charge in [0.2, 0.25) is 0 Å². The van der Waals surface area contributed by atoms with Crippen molar-refractivity contribution in [1.82, 2.24) is 0 Å². The molecule has 4 heteroatoms. The van der Waals surface area contributed by atoms with E-state index < -0.39 is 0 Å². The standard InChI is InChI=1S/C13H16I2O2/c1-2-3-4-5-6-12(16)9-7-10(14)13(17)11(15)8-9/h7-8,17H,2-6H2,1H3. The van der Waals surface area contributed by atoms with E-state index in [2.05, 4.69) is 52.1 Å². The second-order valence-corrected chi connectivity index (χ2v) is 6.35. The Labute approximate surface area is 129 Å². The molecule has 2 nitrogen and oxygen atoms in total. The van der Waals surface area contributed by atoms with Gasteiger partial charge in [0.15, 0.2) is 5.78 Å². The number of rotatable bonds is 6. The summed E-state index contributed by atoms with van der Waals surface area (Å²) in [5.41, 5.74) is 0.716. The molecule has 0 radical (unpaired) electrons. The van der Waals surface area contributed by atoms with Crippen LogP contribution in [0.1, 0.15) is 49.4 Å². The number of phenols is 1. The molecule has 0 bridgehead atoms. The average Bonchev–Trinajstić information content (AvgIpc) is 2.30. The van der Waals surface area contributed by atoms with Gasteiger partial charge >= 0.3 is 0 Å². The molecule has 0 aliphatic carbocycles. The third kappa shape index (κ3) is 4.73. The van der Waals surface area contributed by atoms with Gasteiger partial charge in [-0.05, 0) is 63.7 Å². The molecular weight excluding hydrogens is 442 g/mol. The van der Waals surface area contributed by atoms with Gasteiger partial charge in [0.05, 0.1) is 7.14 Å². The van der Waals surface area contributed by atoms with Crippen molar-refractivity contribution in [3.63, 3.8) is 0 Å². The van der Waals surface area contributed by atoms with E-state index in [1.54, 1.807) is 12.1 Å². The lowest BCUT2D eigenvalue weighted by Gasteiger charge is -2.05. The molecule has 94 valence electrons. The number of carbonyl (C=O) groups is 1. The third-order valence-corrected chi connectivity index (χ3v) is 4.24. The summed E-state index contributed by atoms with van der Waals surface area (Å²) in [6.45, 7) is 2.16. The number of hydrogen-bond acceptors (Lipinski definition) is 2. The number of benzene rings is 1. The van der Waals surface area contributed by atoms with E-state index >= 15 is 0 Å². The highest BCUT2D eigenvalue weighted by molar-refractivity contribution is 14.1. The maximum atomic E-state index is 11.9. The molecule has 0 unspecified atom stereocenters. The Kier molecular flexibility index (Phi) is 6.76. The van der Waals surface area contributed by atoms with Crippen LogP contribution in [0.4, 0.5) is 0 Å². The minimum atomic E-state index is 0.178. The number of phenolic OH excluding ortho intramolecular Hbond substituents is 1. The minimum Gasteiger partial charge on any atom is -0.506 e. The highest BCUT2D eigenvalue weighted by Gasteiger charge is 2.11. The van der Waals surface area contributed by atoms with Gasteiger partial charge in [-0.1, -0.05) is 26.2 Å². The zero-order valence-corrected chi connectivity index (χ0v) is 14.1. The molecule has 0 spiro atoms. The van der Waals surface area contributed by atoms with E-state index in [-0.39, 0.29) is 11.5 Å². The molecular formula is C13H16I2O2. The number of unbranched alkanes of at least 4 members (excludes halogenated alkanes) is 3. The lowest BCUT2D eigenvalue weighted by molar-refractivity contribution is 0.0979. The molecule has 17 heavy (non-hydrogen) atoms. The van der Waals surface area contributed by atoms with Crippen LogP contribution in [0.3, 0.4) is 0 Å². The van der Waals surface area contributed by atoms with E-state index in [1.165, 1.54) is 12.8 Å². The van der Waals surface area contributed by atoms with Gasteiger partial charge in [0.25, 0.3) is 0 Å². The summed E-state index contributed by atoms with van der Waals surface area (Å²) in [5, 5.41) is 9.63. The lowest BCUT2D eigenvalue weighted by atomic mass is 10.0. The Morgan fingerprint density at radius 1 is 1.18 bits per heavy atom. The van der Waals surface area contributed by atoms with Gasteiger partial charge in [0, 0.05) is 12.0 Å². The summed E-state index contributed by atoms with van der Waals surface area (Å²) in [6.07, 6.45) is 5.06. The van der Waals surface area contributed by atoms with Crippen LogP contribution in [0.2, 0.25) is 0 Å². The Balaban J connectivity index is 2.63. The van der Waals surface area contributed by atoms with Crippen molar-refractivity contribution >= 4 is 51.0 Å². The van der Waals surface area contributed by atoms with Gasteiger partial charge in [-0.3, -0.25) is 4.79 Å². The first-order chi connectivity index (χ1) is 8.06. The number of ketones is 1. The van der Waals surface area contributed by atoms with E-state index in [9.17, 15) is 9.90 Å². The molecule has 1 rings (SSSR count). The number of Topliss-reactive ketones (excluding diaryl/α,β-unsaturated/α-hetero) is 1. The van der Waals surface area contributed by atoms with Crippen LogP contribution >= 0.6 is 45.2 Å². The molecule has 0 saturated heterocycles. The normalized spacial score (nSPS) is 10.5. The Morgan fingerprint density at radius 3 is 2.29 bits per heavy atom. The molecule has 0 heterocycles. The van der Waals surface area contributed by atoms with Crippen molar-refractivity contribution in [1.29, 1.82) is 0 Å². The zero-order chi connectivity index (χ0) is 12.8. The van der Waals surface area contributed by atoms with E-state index in [0.29, 0.717) is 12.0 Å². The summed E-state index contributed by atoms with van der Waals surface area (Å²) < 4.78 is 1.48. The quantitative estimate of drug-likeness (QED) is 0.380. The molecule has 1 aromatic carbocycles. The monoisotopic (exact) mass is 458 g/mol. The van der Waals surface area contributed by atoms with Crippen molar-refractivity contribution in [3.05, 3.63) is 24.8 Å². The largest absolute Gasteiger partial charge is 0.506 e. The maximum absolute atomic E-state index is 11.9. The molecule has 0 fully saturated rings. The fourth-order valence-electron chi connectivity index (χ4n) is 1.58. The SMILES string of the molecule is CCCCCCC(=O)c1cc(I)c(O)c(I)c1. The Morgan fingerprint density at radius 2 is 1.76 bits per heavy atom. The van der Waals surface area contributed by atoms with Crippen LogP contribution in [-0.4, -0.2) is 10.9 Å². The Bertz CT molecular complexity index is 379. The summed E-state index contributed by atoms with van der Waals surface area (Å²) in [7, 11) is 0. The van der Waals surface area contributed by atoms with E-state index in [0.717, 1.165) is 20.0 Å². The van der Waals surface area contributed by atoms with Crippen molar-refractivity contribution in [2.45, 2.75) is 39.0 Å². The molecule has 0 amide bonds. The van der Waals surface area contributed by atoms with Crippen LogP contribution in [0.25, 0.3) is 0 Å². The number of halogens is 2. The summed E-state index contributed by atoms with van der Waals surface area (Å²) in [5.74, 6) is 0.450. The first kappa shape index (κ1) is 15.2. The molecule has 0 aliphatic heterocycles. The second-order valence-electron chi connectivity index (χ2n) is 4.02. The van der Waals surface area contributed by atoms with Gasteiger partial charge in [0.1, 0.15) is 5.75 Å². The molecule has 0 saturated carbocycles. The average molecular weight is 458 g/mol. The molecule has 0 atom stereocenters. The third-order valence-electron chi connectivity index (χ3n) is 2.60. The predicted molar refractivity (Wildman–Crippen MR) is 86.6 cm³/mol. The second kappa shape index (κ2) is 7.56. The van der Waals surface area contributed by atoms with Gasteiger partial charge in [-0.15, -0.1) is 0 Å². The minimum absolute atomic E-state index is 0.178. The fraction of sp³-hybridized carbons (Fsp3) is 0.462. The Hall–Kier alpha value is 0.150. The van der Waals surface area contributed by atoms with Gasteiger partial charge < -0.3 is 5.11 Å². The van der Waals surface area contributed by atoms with E-state index in [4.69, 9.17) is 0 Å². The van der Waals surface area contributed by atoms with Gasteiger partial charge in [-0.25, -0.2) is 0 Å². The van der Waals surface area contributed by atoms with Crippen LogP contribution < -0.4 is 0 Å². The molecule has 0 aromatic heterocycles. The highest BCUT2D eigenvalue weighted by atomic mass is 127. The van der Waals surface area contributed by atoms with Crippen LogP contribution in [-0.2, 0) is 0 Å². The fourth-order valence-corrected chi connectivity index (χ4v) is 3.35. The lowest BCUT2D eigenvalue weighted by Crippen LogP contribution is -2.00. The first-order valence-electron chi connectivity index (χ1n) is 5.77. The number of carbonyl (C=O) groups excluding carboxylic acids is 1. The van der Waals surface area contributed by atoms with Crippen molar-refractivity contribution in [2.24, 2.45) is 0 Å². The smallest absolute Gasteiger partial charge is 0.162 e. The molecule has 1 aromatic rings. The topological polar surface area (TPSA) is 37.3 Å². The predicted octanol–water partition coefficient (Wildman–Crippen LogP) is 4.75. The summed E-state index contributed by atoms with van der Waals surface area (Å²) in [6, 6.07) is 3.53. The van der Waals surface area contributed by atoms with Crippen molar-refractivity contribution in [3.8, 4) is 5.75 Å². The summed E-state index contributed by atoms with van der Waals surface area (Å²) in [4.78, 5) is 11.9. The zero-order valence-electron chi connectivity index (χ0n) is 9.80.